The van der Waals surface area contributed by atoms with E-state index in [1.807, 2.05) is 6.92 Å². The van der Waals surface area contributed by atoms with E-state index in [-0.39, 0.29) is 5.95 Å². The van der Waals surface area contributed by atoms with Gasteiger partial charge in [0.05, 0.1) is 18.4 Å². The van der Waals surface area contributed by atoms with Gasteiger partial charge in [0.15, 0.2) is 0 Å². The Morgan fingerprint density at radius 3 is 2.67 bits per heavy atom. The molecular weight excluding hydrogens is 266 g/mol. The second kappa shape index (κ2) is 4.73. The molecule has 0 spiro atoms. The molecule has 2 fully saturated rings. The summed E-state index contributed by atoms with van der Waals surface area (Å²) in [6, 6.07) is 2.06. The van der Waals surface area contributed by atoms with Crippen LogP contribution in [0.25, 0.3) is 11.3 Å². The zero-order valence-electron chi connectivity index (χ0n) is 11.9. The van der Waals surface area contributed by atoms with E-state index in [0.29, 0.717) is 17.9 Å². The summed E-state index contributed by atoms with van der Waals surface area (Å²) in [5.41, 5.74) is 8.39. The number of rotatable bonds is 2. The van der Waals surface area contributed by atoms with Crippen molar-refractivity contribution in [2.75, 3.05) is 12.3 Å². The van der Waals surface area contributed by atoms with E-state index in [0.717, 1.165) is 42.2 Å². The summed E-state index contributed by atoms with van der Waals surface area (Å²) in [6.45, 7) is 2.79. The molecule has 1 saturated heterocycles. The van der Waals surface area contributed by atoms with Crippen molar-refractivity contribution >= 4 is 5.95 Å². The first-order valence-corrected chi connectivity index (χ1v) is 7.24. The number of aromatic nitrogens is 4. The van der Waals surface area contributed by atoms with Crippen LogP contribution in [0.1, 0.15) is 30.3 Å². The van der Waals surface area contributed by atoms with Gasteiger partial charge in [-0.15, -0.1) is 0 Å². The highest BCUT2D eigenvalue weighted by atomic mass is 16.5. The zero-order valence-corrected chi connectivity index (χ0v) is 11.9. The number of fused-ring (bicyclic) bond motifs is 2. The number of aryl methyl sites for hydroxylation is 1. The minimum Gasteiger partial charge on any atom is -0.378 e. The van der Waals surface area contributed by atoms with Crippen molar-refractivity contribution in [1.82, 2.24) is 19.9 Å². The maximum absolute atomic E-state index is 5.68. The summed E-state index contributed by atoms with van der Waals surface area (Å²) in [4.78, 5) is 17.2. The molecule has 2 aromatic heterocycles. The maximum Gasteiger partial charge on any atom is 0.219 e. The van der Waals surface area contributed by atoms with Crippen LogP contribution in [-0.2, 0) is 4.74 Å². The van der Waals surface area contributed by atoms with Crippen LogP contribution in [0.3, 0.4) is 0 Å². The van der Waals surface area contributed by atoms with Gasteiger partial charge in [-0.3, -0.25) is 0 Å². The first-order valence-electron chi connectivity index (χ1n) is 7.24. The second-order valence-electron chi connectivity index (χ2n) is 5.85. The number of ether oxygens (including phenoxy) is 1. The SMILES string of the molecule is Cc1nc(-c2cnc(N)nc2)cc(C2C[C@@H]3CC2CO3)n1. The van der Waals surface area contributed by atoms with Gasteiger partial charge in [0.25, 0.3) is 0 Å². The Labute approximate surface area is 122 Å². The van der Waals surface area contributed by atoms with Crippen molar-refractivity contribution in [1.29, 1.82) is 0 Å². The van der Waals surface area contributed by atoms with Crippen molar-refractivity contribution in [3.63, 3.8) is 0 Å². The van der Waals surface area contributed by atoms with Crippen LogP contribution in [0.2, 0.25) is 0 Å². The van der Waals surface area contributed by atoms with Crippen LogP contribution >= 0.6 is 0 Å². The molecule has 0 aromatic carbocycles. The molecule has 108 valence electrons. The predicted molar refractivity (Wildman–Crippen MR) is 77.4 cm³/mol. The molecule has 2 bridgehead atoms. The number of hydrogen-bond donors (Lipinski definition) is 1. The molecule has 2 aromatic rings. The Morgan fingerprint density at radius 2 is 2.00 bits per heavy atom. The van der Waals surface area contributed by atoms with Gasteiger partial charge in [-0.1, -0.05) is 0 Å². The minimum atomic E-state index is 0.273. The lowest BCUT2D eigenvalue weighted by molar-refractivity contribution is 0.0675. The first-order chi connectivity index (χ1) is 10.2. The van der Waals surface area contributed by atoms with Gasteiger partial charge >= 0.3 is 0 Å². The topological polar surface area (TPSA) is 86.8 Å². The fourth-order valence-corrected chi connectivity index (χ4v) is 3.41. The Balaban J connectivity index is 1.71. The van der Waals surface area contributed by atoms with E-state index in [1.165, 1.54) is 0 Å². The summed E-state index contributed by atoms with van der Waals surface area (Å²) < 4.78 is 5.68. The molecular formula is C15H17N5O. The Hall–Kier alpha value is -2.08. The molecule has 21 heavy (non-hydrogen) atoms. The largest absolute Gasteiger partial charge is 0.378 e. The number of nitrogens with zero attached hydrogens (tertiary/aromatic N) is 4. The molecule has 1 saturated carbocycles. The average Bonchev–Trinajstić information content (AvgIpc) is 3.10. The lowest BCUT2D eigenvalue weighted by Crippen LogP contribution is -2.17. The Morgan fingerprint density at radius 1 is 1.19 bits per heavy atom. The van der Waals surface area contributed by atoms with E-state index in [9.17, 15) is 0 Å². The second-order valence-corrected chi connectivity index (χ2v) is 5.85. The Bertz CT molecular complexity index is 672. The van der Waals surface area contributed by atoms with E-state index >= 15 is 0 Å². The van der Waals surface area contributed by atoms with Crippen LogP contribution < -0.4 is 5.73 Å². The van der Waals surface area contributed by atoms with Crippen LogP contribution in [0, 0.1) is 12.8 Å². The van der Waals surface area contributed by atoms with Crippen molar-refractivity contribution in [2.45, 2.75) is 31.8 Å². The zero-order chi connectivity index (χ0) is 14.4. The molecule has 4 rings (SSSR count). The third kappa shape index (κ3) is 2.25. The maximum atomic E-state index is 5.68. The average molecular weight is 283 g/mol. The Kier molecular flexibility index (Phi) is 2.85. The van der Waals surface area contributed by atoms with Crippen molar-refractivity contribution in [3.8, 4) is 11.3 Å². The summed E-state index contributed by atoms with van der Waals surface area (Å²) in [7, 11) is 0. The number of hydrogen-bond acceptors (Lipinski definition) is 6. The van der Waals surface area contributed by atoms with Gasteiger partial charge in [-0.05, 0) is 31.7 Å². The fraction of sp³-hybridized carbons (Fsp3) is 0.467. The summed E-state index contributed by atoms with van der Waals surface area (Å²) in [6.07, 6.45) is 6.06. The molecule has 6 heteroatoms. The summed E-state index contributed by atoms with van der Waals surface area (Å²) in [5, 5.41) is 0. The molecule has 1 aliphatic heterocycles. The highest BCUT2D eigenvalue weighted by Crippen LogP contribution is 2.45. The molecule has 2 unspecified atom stereocenters. The molecule has 2 aliphatic rings. The van der Waals surface area contributed by atoms with Gasteiger partial charge in [-0.2, -0.15) is 0 Å². The smallest absolute Gasteiger partial charge is 0.219 e. The third-order valence-corrected chi connectivity index (χ3v) is 4.40. The minimum absolute atomic E-state index is 0.273. The molecule has 0 radical (unpaired) electrons. The van der Waals surface area contributed by atoms with Gasteiger partial charge < -0.3 is 10.5 Å². The van der Waals surface area contributed by atoms with E-state index in [4.69, 9.17) is 10.5 Å². The molecule has 1 aliphatic carbocycles. The molecule has 2 N–H and O–H groups in total. The molecule has 3 atom stereocenters. The predicted octanol–water partition coefficient (Wildman–Crippen LogP) is 1.72. The highest BCUT2D eigenvalue weighted by molar-refractivity contribution is 5.57. The van der Waals surface area contributed by atoms with Gasteiger partial charge in [-0.25, -0.2) is 19.9 Å². The molecule has 6 nitrogen and oxygen atoms in total. The third-order valence-electron chi connectivity index (χ3n) is 4.40. The number of anilines is 1. The normalized spacial score (nSPS) is 27.2. The number of nitrogen functional groups attached to an aromatic ring is 1. The van der Waals surface area contributed by atoms with Gasteiger partial charge in [0.1, 0.15) is 5.82 Å². The summed E-state index contributed by atoms with van der Waals surface area (Å²) >= 11 is 0. The van der Waals surface area contributed by atoms with Crippen molar-refractivity contribution < 1.29 is 4.74 Å². The quantitative estimate of drug-likeness (QED) is 0.903. The van der Waals surface area contributed by atoms with E-state index in [1.54, 1.807) is 12.4 Å². The fourth-order valence-electron chi connectivity index (χ4n) is 3.41. The van der Waals surface area contributed by atoms with Crippen LogP contribution in [0.5, 0.6) is 0 Å². The monoisotopic (exact) mass is 283 g/mol. The standard InChI is InChI=1S/C15H17N5O/c1-8-19-13(10-5-17-15(16)18-6-10)4-14(20-8)12-3-11-2-9(12)7-21-11/h4-6,9,11-12H,2-3,7H2,1H3,(H2,16,17,18)/t9?,11-,12?/m0/s1. The summed E-state index contributed by atoms with van der Waals surface area (Å²) in [5.74, 6) is 2.14. The van der Waals surface area contributed by atoms with Crippen LogP contribution in [-0.4, -0.2) is 32.6 Å². The van der Waals surface area contributed by atoms with Crippen LogP contribution in [0.15, 0.2) is 18.5 Å². The first kappa shape index (κ1) is 12.6. The highest BCUT2D eigenvalue weighted by Gasteiger charge is 2.42. The lowest BCUT2D eigenvalue weighted by Gasteiger charge is -2.21. The molecule has 0 amide bonds. The van der Waals surface area contributed by atoms with Crippen LogP contribution in [0.4, 0.5) is 5.95 Å². The lowest BCUT2D eigenvalue weighted by atomic mass is 9.92. The number of nitrogens with two attached hydrogens (primary N) is 1. The van der Waals surface area contributed by atoms with Crippen molar-refractivity contribution in [2.24, 2.45) is 5.92 Å². The molecule has 3 heterocycles. The van der Waals surface area contributed by atoms with E-state index in [2.05, 4.69) is 26.0 Å². The van der Waals surface area contributed by atoms with Crippen molar-refractivity contribution in [3.05, 3.63) is 30.0 Å². The van der Waals surface area contributed by atoms with E-state index < -0.39 is 0 Å². The van der Waals surface area contributed by atoms with Gasteiger partial charge in [0.2, 0.25) is 5.95 Å². The van der Waals surface area contributed by atoms with Gasteiger partial charge in [0, 0.05) is 29.6 Å².